The number of nitrogens with one attached hydrogen (secondary N) is 1. The lowest BCUT2D eigenvalue weighted by molar-refractivity contribution is 0.211. The fourth-order valence-corrected chi connectivity index (χ4v) is 6.26. The minimum Gasteiger partial charge on any atom is -0.314 e. The van der Waals surface area contributed by atoms with Gasteiger partial charge < -0.3 is 5.32 Å². The summed E-state index contributed by atoms with van der Waals surface area (Å²) in [6.45, 7) is 5.01. The first-order valence-corrected chi connectivity index (χ1v) is 10.4. The van der Waals surface area contributed by atoms with Gasteiger partial charge in [-0.15, -0.1) is 0 Å². The second-order valence-corrected chi connectivity index (χ2v) is 9.06. The third kappa shape index (κ3) is 4.09. The Morgan fingerprint density at radius 2 is 2.16 bits per heavy atom. The Morgan fingerprint density at radius 1 is 1.37 bits per heavy atom. The van der Waals surface area contributed by atoms with E-state index >= 15 is 0 Å². The van der Waals surface area contributed by atoms with Crippen molar-refractivity contribution in [1.29, 1.82) is 0 Å². The van der Waals surface area contributed by atoms with Crippen LogP contribution in [-0.4, -0.2) is 62.1 Å². The van der Waals surface area contributed by atoms with Crippen molar-refractivity contribution in [3.63, 3.8) is 0 Å². The minimum absolute atomic E-state index is 0.269. The average Bonchev–Trinajstić information content (AvgIpc) is 2.77. The number of sulfone groups is 1. The van der Waals surface area contributed by atoms with Crippen LogP contribution in [0.25, 0.3) is 0 Å². The number of thioether (sulfide) groups is 1. The van der Waals surface area contributed by atoms with Gasteiger partial charge in [-0.3, -0.25) is 4.90 Å². The first-order valence-electron chi connectivity index (χ1n) is 7.26. The number of rotatable bonds is 5. The molecule has 1 saturated heterocycles. The normalized spacial score (nSPS) is 33.7. The molecular formula is C13H26N2O2S2. The van der Waals surface area contributed by atoms with Gasteiger partial charge in [0.05, 0.1) is 0 Å². The number of nitrogens with zero attached hydrogens (tertiary/aromatic N) is 1. The average molecular weight is 306 g/mol. The van der Waals surface area contributed by atoms with E-state index in [9.17, 15) is 8.42 Å². The summed E-state index contributed by atoms with van der Waals surface area (Å²) in [4.78, 5) is 2.21. The van der Waals surface area contributed by atoms with Gasteiger partial charge in [0.15, 0.2) is 9.84 Å². The van der Waals surface area contributed by atoms with E-state index in [1.165, 1.54) is 25.5 Å². The first-order chi connectivity index (χ1) is 9.02. The summed E-state index contributed by atoms with van der Waals surface area (Å²) in [6, 6.07) is 0.583. The maximum atomic E-state index is 11.9. The van der Waals surface area contributed by atoms with Crippen LogP contribution in [0.15, 0.2) is 0 Å². The third-order valence-electron chi connectivity index (χ3n) is 4.28. The molecule has 1 heterocycles. The van der Waals surface area contributed by atoms with Crippen LogP contribution in [0.1, 0.15) is 26.2 Å². The van der Waals surface area contributed by atoms with Gasteiger partial charge >= 0.3 is 0 Å². The fourth-order valence-electron chi connectivity index (χ4n) is 3.31. The summed E-state index contributed by atoms with van der Waals surface area (Å²) in [6.07, 6.45) is 5.13. The lowest BCUT2D eigenvalue weighted by atomic mass is 10.0. The van der Waals surface area contributed by atoms with E-state index in [4.69, 9.17) is 0 Å². The molecule has 2 aliphatic rings. The van der Waals surface area contributed by atoms with Crippen molar-refractivity contribution in [2.45, 2.75) is 37.6 Å². The van der Waals surface area contributed by atoms with Crippen LogP contribution in [-0.2, 0) is 9.84 Å². The van der Waals surface area contributed by atoms with Crippen LogP contribution in [0.2, 0.25) is 0 Å². The SMILES string of the molecule is CCNC1CCCC1CN1CCSCC1S(C)(=O)=O. The predicted molar refractivity (Wildman–Crippen MR) is 82.3 cm³/mol. The molecule has 2 fully saturated rings. The van der Waals surface area contributed by atoms with Gasteiger partial charge in [-0.05, 0) is 25.3 Å². The number of hydrogen-bond acceptors (Lipinski definition) is 5. The van der Waals surface area contributed by atoms with E-state index in [0.29, 0.717) is 12.0 Å². The molecule has 6 heteroatoms. The Bertz CT molecular complexity index is 386. The maximum absolute atomic E-state index is 11.9. The molecule has 2 rings (SSSR count). The molecular weight excluding hydrogens is 280 g/mol. The van der Waals surface area contributed by atoms with E-state index in [1.807, 2.05) is 0 Å². The highest BCUT2D eigenvalue weighted by Crippen LogP contribution is 2.29. The summed E-state index contributed by atoms with van der Waals surface area (Å²) < 4.78 is 23.8. The van der Waals surface area contributed by atoms with Crippen molar-refractivity contribution in [3.05, 3.63) is 0 Å². The molecule has 0 bridgehead atoms. The van der Waals surface area contributed by atoms with Gasteiger partial charge in [-0.25, -0.2) is 8.42 Å². The van der Waals surface area contributed by atoms with Crippen molar-refractivity contribution >= 4 is 21.6 Å². The summed E-state index contributed by atoms with van der Waals surface area (Å²) in [5.41, 5.74) is 0. The minimum atomic E-state index is -2.96. The lowest BCUT2D eigenvalue weighted by Gasteiger charge is -2.37. The lowest BCUT2D eigenvalue weighted by Crippen LogP contribution is -2.50. The van der Waals surface area contributed by atoms with Gasteiger partial charge in [-0.2, -0.15) is 11.8 Å². The van der Waals surface area contributed by atoms with Crippen LogP contribution in [0, 0.1) is 5.92 Å². The molecule has 1 aliphatic heterocycles. The highest BCUT2D eigenvalue weighted by molar-refractivity contribution is 8.00. The third-order valence-corrected chi connectivity index (χ3v) is 6.97. The summed E-state index contributed by atoms with van der Waals surface area (Å²) in [5.74, 6) is 2.41. The molecule has 19 heavy (non-hydrogen) atoms. The molecule has 0 aromatic carbocycles. The Balaban J connectivity index is 1.99. The van der Waals surface area contributed by atoms with E-state index in [0.717, 1.165) is 31.1 Å². The smallest absolute Gasteiger partial charge is 0.164 e. The second kappa shape index (κ2) is 6.78. The molecule has 1 aliphatic carbocycles. The van der Waals surface area contributed by atoms with Crippen molar-refractivity contribution in [2.75, 3.05) is 37.4 Å². The zero-order valence-corrected chi connectivity index (χ0v) is 13.6. The number of hydrogen-bond donors (Lipinski definition) is 1. The highest BCUT2D eigenvalue weighted by atomic mass is 32.2. The van der Waals surface area contributed by atoms with Crippen molar-refractivity contribution < 1.29 is 8.42 Å². The Kier molecular flexibility index (Phi) is 5.57. The van der Waals surface area contributed by atoms with Crippen LogP contribution in [0.5, 0.6) is 0 Å². The van der Waals surface area contributed by atoms with Gasteiger partial charge in [0.1, 0.15) is 5.37 Å². The Labute approximate surface area is 121 Å². The van der Waals surface area contributed by atoms with E-state index in [2.05, 4.69) is 17.1 Å². The van der Waals surface area contributed by atoms with Crippen LogP contribution >= 0.6 is 11.8 Å². The quantitative estimate of drug-likeness (QED) is 0.827. The van der Waals surface area contributed by atoms with Gasteiger partial charge in [0.25, 0.3) is 0 Å². The monoisotopic (exact) mass is 306 g/mol. The van der Waals surface area contributed by atoms with Crippen LogP contribution < -0.4 is 5.32 Å². The van der Waals surface area contributed by atoms with Crippen molar-refractivity contribution in [2.24, 2.45) is 5.92 Å². The zero-order chi connectivity index (χ0) is 13.9. The summed E-state index contributed by atoms with van der Waals surface area (Å²) in [5, 5.41) is 3.29. The standard InChI is InChI=1S/C13H26N2O2S2/c1-3-14-12-6-4-5-11(12)9-15-7-8-18-10-13(15)19(2,16)17/h11-14H,3-10H2,1-2H3. The van der Waals surface area contributed by atoms with E-state index in [-0.39, 0.29) is 5.37 Å². The summed E-state index contributed by atoms with van der Waals surface area (Å²) in [7, 11) is -2.96. The van der Waals surface area contributed by atoms with Crippen LogP contribution in [0.4, 0.5) is 0 Å². The van der Waals surface area contributed by atoms with Gasteiger partial charge in [0, 0.05) is 36.9 Å². The molecule has 1 saturated carbocycles. The fraction of sp³-hybridized carbons (Fsp3) is 1.00. The molecule has 0 aromatic rings. The van der Waals surface area contributed by atoms with Gasteiger partial charge in [-0.1, -0.05) is 13.3 Å². The van der Waals surface area contributed by atoms with E-state index in [1.54, 1.807) is 11.8 Å². The molecule has 0 radical (unpaired) electrons. The zero-order valence-electron chi connectivity index (χ0n) is 12.0. The molecule has 0 spiro atoms. The molecule has 0 aromatic heterocycles. The van der Waals surface area contributed by atoms with Crippen molar-refractivity contribution in [1.82, 2.24) is 10.2 Å². The molecule has 112 valence electrons. The van der Waals surface area contributed by atoms with Crippen molar-refractivity contribution in [3.8, 4) is 0 Å². The molecule has 1 N–H and O–H groups in total. The van der Waals surface area contributed by atoms with E-state index < -0.39 is 9.84 Å². The Hall–Kier alpha value is 0.220. The van der Waals surface area contributed by atoms with Crippen LogP contribution in [0.3, 0.4) is 0 Å². The highest BCUT2D eigenvalue weighted by Gasteiger charge is 2.35. The molecule has 3 unspecified atom stereocenters. The second-order valence-electron chi connectivity index (χ2n) is 5.71. The first kappa shape index (κ1) is 15.6. The Morgan fingerprint density at radius 3 is 2.84 bits per heavy atom. The topological polar surface area (TPSA) is 49.4 Å². The molecule has 0 amide bonds. The largest absolute Gasteiger partial charge is 0.314 e. The molecule has 4 nitrogen and oxygen atoms in total. The van der Waals surface area contributed by atoms with Gasteiger partial charge in [0.2, 0.25) is 0 Å². The molecule has 3 atom stereocenters. The maximum Gasteiger partial charge on any atom is 0.164 e. The summed E-state index contributed by atoms with van der Waals surface area (Å²) >= 11 is 1.77. The predicted octanol–water partition coefficient (Wildman–Crippen LogP) is 1.18.